The van der Waals surface area contributed by atoms with Gasteiger partial charge in [0.1, 0.15) is 0 Å². The van der Waals surface area contributed by atoms with Crippen molar-refractivity contribution < 1.29 is 0 Å². The summed E-state index contributed by atoms with van der Waals surface area (Å²) in [4.78, 5) is 37.9. The SMILES string of the molecule is Cn1[nH]cc(-c2cc(=O)[nH]c(=O)[nH]2)c1=O. The first kappa shape index (κ1) is 9.25. The van der Waals surface area contributed by atoms with Gasteiger partial charge in [-0.3, -0.25) is 19.3 Å². The fraction of sp³-hybridized carbons (Fsp3) is 0.125. The third kappa shape index (κ3) is 1.54. The van der Waals surface area contributed by atoms with Crippen LogP contribution in [0.2, 0.25) is 0 Å². The minimum atomic E-state index is -0.638. The van der Waals surface area contributed by atoms with Crippen LogP contribution in [-0.2, 0) is 7.05 Å². The highest BCUT2D eigenvalue weighted by atomic mass is 16.2. The Labute approximate surface area is 82.4 Å². The predicted molar refractivity (Wildman–Crippen MR) is 52.7 cm³/mol. The van der Waals surface area contributed by atoms with Crippen LogP contribution < -0.4 is 16.8 Å². The van der Waals surface area contributed by atoms with Crippen molar-refractivity contribution in [3.63, 3.8) is 0 Å². The first-order valence-corrected chi connectivity index (χ1v) is 4.16. The Morgan fingerprint density at radius 2 is 1.93 bits per heavy atom. The molecule has 0 saturated heterocycles. The minimum Gasteiger partial charge on any atom is -0.307 e. The maximum atomic E-state index is 11.5. The molecule has 0 unspecified atom stereocenters. The Kier molecular flexibility index (Phi) is 1.93. The monoisotopic (exact) mass is 208 g/mol. The molecule has 0 bridgehead atoms. The lowest BCUT2D eigenvalue weighted by Crippen LogP contribution is -2.23. The number of hydrogen-bond donors (Lipinski definition) is 3. The number of H-pyrrole nitrogens is 3. The zero-order valence-electron chi connectivity index (χ0n) is 7.83. The van der Waals surface area contributed by atoms with E-state index < -0.39 is 11.2 Å². The Morgan fingerprint density at radius 1 is 1.20 bits per heavy atom. The van der Waals surface area contributed by atoms with Gasteiger partial charge in [-0.25, -0.2) is 4.79 Å². The summed E-state index contributed by atoms with van der Waals surface area (Å²) in [7, 11) is 1.54. The van der Waals surface area contributed by atoms with Crippen LogP contribution in [0.15, 0.2) is 26.6 Å². The fourth-order valence-corrected chi connectivity index (χ4v) is 1.27. The first-order valence-electron chi connectivity index (χ1n) is 4.16. The van der Waals surface area contributed by atoms with E-state index in [4.69, 9.17) is 0 Å². The molecule has 15 heavy (non-hydrogen) atoms. The van der Waals surface area contributed by atoms with Crippen LogP contribution in [-0.4, -0.2) is 19.7 Å². The van der Waals surface area contributed by atoms with Gasteiger partial charge in [0, 0.05) is 19.3 Å². The molecule has 0 saturated carbocycles. The molecular formula is C8H8N4O3. The van der Waals surface area contributed by atoms with Gasteiger partial charge in [-0.2, -0.15) is 0 Å². The van der Waals surface area contributed by atoms with Crippen molar-refractivity contribution in [2.75, 3.05) is 0 Å². The van der Waals surface area contributed by atoms with Crippen molar-refractivity contribution in [1.29, 1.82) is 0 Å². The van der Waals surface area contributed by atoms with Gasteiger partial charge in [0.05, 0.1) is 11.3 Å². The van der Waals surface area contributed by atoms with Gasteiger partial charge in [-0.15, -0.1) is 0 Å². The summed E-state index contributed by atoms with van der Waals surface area (Å²) in [5.74, 6) is 0. The molecule has 0 aliphatic carbocycles. The van der Waals surface area contributed by atoms with Crippen molar-refractivity contribution in [3.8, 4) is 11.3 Å². The van der Waals surface area contributed by atoms with Crippen molar-refractivity contribution in [1.82, 2.24) is 19.7 Å². The van der Waals surface area contributed by atoms with E-state index in [-0.39, 0.29) is 16.8 Å². The highest BCUT2D eigenvalue weighted by Crippen LogP contribution is 2.05. The van der Waals surface area contributed by atoms with Crippen molar-refractivity contribution in [2.24, 2.45) is 7.05 Å². The fourth-order valence-electron chi connectivity index (χ4n) is 1.27. The standard InChI is InChI=1S/C8H8N4O3/c1-12-7(14)4(3-9-12)5-2-6(13)11-8(15)10-5/h2-3,9H,1H3,(H2,10,11,13,15). The molecule has 0 aromatic carbocycles. The summed E-state index contributed by atoms with van der Waals surface area (Å²) in [6, 6.07) is 1.16. The number of hydrogen-bond acceptors (Lipinski definition) is 3. The van der Waals surface area contributed by atoms with Crippen LogP contribution in [0.1, 0.15) is 0 Å². The Hall–Kier alpha value is -2.31. The molecule has 7 heteroatoms. The highest BCUT2D eigenvalue weighted by Gasteiger charge is 2.07. The average Bonchev–Trinajstić information content (AvgIpc) is 2.46. The van der Waals surface area contributed by atoms with Gasteiger partial charge in [0.2, 0.25) is 0 Å². The molecular weight excluding hydrogens is 200 g/mol. The van der Waals surface area contributed by atoms with E-state index in [0.717, 1.165) is 6.07 Å². The molecule has 0 spiro atoms. The summed E-state index contributed by atoms with van der Waals surface area (Å²) >= 11 is 0. The number of rotatable bonds is 1. The summed E-state index contributed by atoms with van der Waals surface area (Å²) in [6.45, 7) is 0. The number of aryl methyl sites for hydroxylation is 1. The largest absolute Gasteiger partial charge is 0.326 e. The van der Waals surface area contributed by atoms with Crippen molar-refractivity contribution in [2.45, 2.75) is 0 Å². The number of aromatic nitrogens is 4. The van der Waals surface area contributed by atoms with Gasteiger partial charge < -0.3 is 10.1 Å². The Balaban J connectivity index is 2.75. The number of nitrogens with one attached hydrogen (secondary N) is 3. The lowest BCUT2D eigenvalue weighted by Gasteiger charge is -1.93. The molecule has 0 fully saturated rings. The van der Waals surface area contributed by atoms with Gasteiger partial charge in [-0.1, -0.05) is 0 Å². The van der Waals surface area contributed by atoms with Crippen molar-refractivity contribution >= 4 is 0 Å². The van der Waals surface area contributed by atoms with Gasteiger partial charge in [0.15, 0.2) is 0 Å². The number of nitrogens with zero attached hydrogens (tertiary/aromatic N) is 1. The second-order valence-electron chi connectivity index (χ2n) is 3.05. The van der Waals surface area contributed by atoms with E-state index in [1.807, 2.05) is 4.98 Å². The number of aromatic amines is 3. The summed E-state index contributed by atoms with van der Waals surface area (Å²) in [5.41, 5.74) is -1.04. The van der Waals surface area contributed by atoms with Gasteiger partial charge >= 0.3 is 5.69 Å². The van der Waals surface area contributed by atoms with Crippen LogP contribution in [0.25, 0.3) is 11.3 Å². The van der Waals surface area contributed by atoms with Crippen LogP contribution in [0.3, 0.4) is 0 Å². The summed E-state index contributed by atoms with van der Waals surface area (Å²) in [5, 5.41) is 2.64. The minimum absolute atomic E-state index is 0.200. The van der Waals surface area contributed by atoms with E-state index in [0.29, 0.717) is 0 Å². The van der Waals surface area contributed by atoms with Crippen LogP contribution >= 0.6 is 0 Å². The van der Waals surface area contributed by atoms with Crippen LogP contribution in [0.5, 0.6) is 0 Å². The second kappa shape index (κ2) is 3.12. The van der Waals surface area contributed by atoms with Crippen molar-refractivity contribution in [3.05, 3.63) is 43.5 Å². The lowest BCUT2D eigenvalue weighted by molar-refractivity contribution is 0.740. The molecule has 0 atom stereocenters. The van der Waals surface area contributed by atoms with E-state index in [1.165, 1.54) is 17.9 Å². The van der Waals surface area contributed by atoms with Gasteiger partial charge in [0.25, 0.3) is 11.1 Å². The highest BCUT2D eigenvalue weighted by molar-refractivity contribution is 5.55. The maximum absolute atomic E-state index is 11.5. The molecule has 2 aromatic heterocycles. The zero-order valence-corrected chi connectivity index (χ0v) is 7.83. The molecule has 0 radical (unpaired) electrons. The molecule has 0 aliphatic heterocycles. The zero-order chi connectivity index (χ0) is 11.0. The molecule has 0 aliphatic rings. The van der Waals surface area contributed by atoms with E-state index in [2.05, 4.69) is 10.1 Å². The normalized spacial score (nSPS) is 10.5. The second-order valence-corrected chi connectivity index (χ2v) is 3.05. The molecule has 2 heterocycles. The smallest absolute Gasteiger partial charge is 0.307 e. The third-order valence-corrected chi connectivity index (χ3v) is 1.99. The maximum Gasteiger partial charge on any atom is 0.326 e. The summed E-state index contributed by atoms with van der Waals surface area (Å²) < 4.78 is 1.24. The molecule has 0 amide bonds. The topological polar surface area (TPSA) is 104 Å². The third-order valence-electron chi connectivity index (χ3n) is 1.99. The lowest BCUT2D eigenvalue weighted by atomic mass is 10.2. The molecule has 78 valence electrons. The quantitative estimate of drug-likeness (QED) is 0.545. The average molecular weight is 208 g/mol. The predicted octanol–water partition coefficient (Wildman–Crippen LogP) is -1.24. The molecule has 2 aromatic rings. The Morgan fingerprint density at radius 3 is 2.47 bits per heavy atom. The molecule has 2 rings (SSSR count). The van der Waals surface area contributed by atoms with Gasteiger partial charge in [-0.05, 0) is 0 Å². The first-order chi connectivity index (χ1) is 7.08. The molecule has 7 nitrogen and oxygen atoms in total. The molecule has 3 N–H and O–H groups in total. The Bertz CT molecular complexity index is 629. The van der Waals surface area contributed by atoms with E-state index in [1.54, 1.807) is 0 Å². The van der Waals surface area contributed by atoms with E-state index in [9.17, 15) is 14.4 Å². The van der Waals surface area contributed by atoms with Crippen LogP contribution in [0, 0.1) is 0 Å². The summed E-state index contributed by atoms with van der Waals surface area (Å²) in [6.07, 6.45) is 1.42. The van der Waals surface area contributed by atoms with Crippen LogP contribution in [0.4, 0.5) is 0 Å². The van der Waals surface area contributed by atoms with E-state index >= 15 is 0 Å².